The Morgan fingerprint density at radius 3 is 2.93 bits per heavy atom. The molecule has 1 aliphatic carbocycles. The summed E-state index contributed by atoms with van der Waals surface area (Å²) in [5.41, 5.74) is 4.79. The number of esters is 1. The Morgan fingerprint density at radius 1 is 1.25 bits per heavy atom. The lowest BCUT2D eigenvalue weighted by molar-refractivity contribution is -0.140. The second-order valence-electron chi connectivity index (χ2n) is 9.17. The first kappa shape index (κ1) is 18.2. The zero-order valence-corrected chi connectivity index (χ0v) is 17.2. The maximum absolute atomic E-state index is 13.2. The normalized spacial score (nSPS) is 33.1. The minimum atomic E-state index is -0.0848. The van der Waals surface area contributed by atoms with Gasteiger partial charge in [-0.05, 0) is 68.7 Å². The summed E-state index contributed by atoms with van der Waals surface area (Å²) >= 11 is 0. The number of para-hydroxylation sites is 1. The number of nitrogens with one attached hydrogen (secondary N) is 1. The number of nitrogens with zero attached hydrogens (tertiary/aromatic N) is 1. The molecule has 0 saturated carbocycles. The molecule has 1 spiro atoms. The summed E-state index contributed by atoms with van der Waals surface area (Å²) < 4.78 is 5.75. The van der Waals surface area contributed by atoms with E-state index in [-0.39, 0.29) is 16.8 Å². The molecule has 28 heavy (non-hydrogen) atoms. The van der Waals surface area contributed by atoms with E-state index < -0.39 is 0 Å². The lowest BCUT2D eigenvalue weighted by Crippen LogP contribution is -2.59. The fraction of sp³-hybridized carbons (Fsp3) is 0.625. The molecule has 2 fully saturated rings. The van der Waals surface area contributed by atoms with Crippen molar-refractivity contribution in [2.24, 2.45) is 5.41 Å². The number of unbranched alkanes of at least 4 members (excludes halogenated alkanes) is 1. The molecular formula is C24H32N2O2. The molecule has 1 aromatic carbocycles. The van der Waals surface area contributed by atoms with Crippen LogP contribution in [0.15, 0.2) is 35.5 Å². The summed E-state index contributed by atoms with van der Waals surface area (Å²) in [7, 11) is 0. The fourth-order valence-corrected chi connectivity index (χ4v) is 6.76. The second kappa shape index (κ2) is 6.62. The highest BCUT2D eigenvalue weighted by Gasteiger charge is 2.66. The van der Waals surface area contributed by atoms with E-state index in [0.717, 1.165) is 49.9 Å². The van der Waals surface area contributed by atoms with Crippen molar-refractivity contribution in [3.05, 3.63) is 41.1 Å². The number of ether oxygens (including phenoxy) is 1. The number of benzene rings is 1. The Bertz CT molecular complexity index is 832. The third kappa shape index (κ3) is 2.30. The van der Waals surface area contributed by atoms with Gasteiger partial charge in [-0.15, -0.1) is 0 Å². The van der Waals surface area contributed by atoms with Gasteiger partial charge in [0, 0.05) is 17.4 Å². The number of piperidine rings is 1. The van der Waals surface area contributed by atoms with Crippen molar-refractivity contribution in [3.8, 4) is 0 Å². The first-order valence-corrected chi connectivity index (χ1v) is 11.2. The van der Waals surface area contributed by atoms with Gasteiger partial charge in [-0.3, -0.25) is 4.90 Å². The van der Waals surface area contributed by atoms with Crippen molar-refractivity contribution in [1.29, 1.82) is 0 Å². The van der Waals surface area contributed by atoms with E-state index in [2.05, 4.69) is 48.3 Å². The van der Waals surface area contributed by atoms with Crippen molar-refractivity contribution in [3.63, 3.8) is 0 Å². The molecule has 0 radical (unpaired) electrons. The highest BCUT2D eigenvalue weighted by molar-refractivity contribution is 5.93. The molecule has 4 aliphatic rings. The van der Waals surface area contributed by atoms with Crippen molar-refractivity contribution in [2.75, 3.05) is 25.0 Å². The molecule has 1 N–H and O–H groups in total. The molecule has 2 saturated heterocycles. The minimum Gasteiger partial charge on any atom is -0.462 e. The Labute approximate surface area is 168 Å². The van der Waals surface area contributed by atoms with Crippen LogP contribution in [0.1, 0.15) is 64.4 Å². The van der Waals surface area contributed by atoms with E-state index in [1.54, 1.807) is 0 Å². The predicted octanol–water partition coefficient (Wildman–Crippen LogP) is 4.62. The molecular weight excluding hydrogens is 348 g/mol. The van der Waals surface area contributed by atoms with Gasteiger partial charge in [0.25, 0.3) is 0 Å². The van der Waals surface area contributed by atoms with E-state index >= 15 is 0 Å². The van der Waals surface area contributed by atoms with Crippen LogP contribution in [0.4, 0.5) is 5.69 Å². The molecule has 3 atom stereocenters. The standard InChI is InChI=1S/C24H32N2O2/c1-3-5-15-28-21(27)17-16-23(4-2)11-8-13-26-14-12-24(22(23)26)18-9-6-7-10-19(18)25-20(17)24/h6-7,9-10,22,25H,3-5,8,11-16H2,1-2H3/t22-,23-,24+/m0/s1. The van der Waals surface area contributed by atoms with E-state index in [4.69, 9.17) is 4.74 Å². The van der Waals surface area contributed by atoms with Crippen LogP contribution in [0.2, 0.25) is 0 Å². The summed E-state index contributed by atoms with van der Waals surface area (Å²) in [6.45, 7) is 7.31. The average molecular weight is 381 g/mol. The molecule has 5 rings (SSSR count). The molecule has 0 amide bonds. The van der Waals surface area contributed by atoms with Crippen LogP contribution in [0.3, 0.4) is 0 Å². The van der Waals surface area contributed by atoms with Crippen molar-refractivity contribution < 1.29 is 9.53 Å². The molecule has 0 unspecified atom stereocenters. The van der Waals surface area contributed by atoms with Crippen molar-refractivity contribution >= 4 is 11.7 Å². The number of fused-ring (bicyclic) bond motifs is 1. The molecule has 3 aliphatic heterocycles. The second-order valence-corrected chi connectivity index (χ2v) is 9.17. The van der Waals surface area contributed by atoms with E-state index in [0.29, 0.717) is 12.6 Å². The first-order valence-electron chi connectivity index (χ1n) is 11.2. The van der Waals surface area contributed by atoms with Crippen LogP contribution in [0.5, 0.6) is 0 Å². The van der Waals surface area contributed by atoms with Gasteiger partial charge in [0.15, 0.2) is 0 Å². The summed E-state index contributed by atoms with van der Waals surface area (Å²) in [6, 6.07) is 9.22. The van der Waals surface area contributed by atoms with E-state index in [1.165, 1.54) is 30.6 Å². The third-order valence-electron chi connectivity index (χ3n) is 7.95. The van der Waals surface area contributed by atoms with Gasteiger partial charge < -0.3 is 10.1 Å². The van der Waals surface area contributed by atoms with Gasteiger partial charge >= 0.3 is 5.97 Å². The Hall–Kier alpha value is -1.81. The van der Waals surface area contributed by atoms with Gasteiger partial charge in [-0.25, -0.2) is 4.79 Å². The molecule has 0 aromatic heterocycles. The van der Waals surface area contributed by atoms with Crippen LogP contribution in [-0.4, -0.2) is 36.6 Å². The molecule has 0 bridgehead atoms. The lowest BCUT2D eigenvalue weighted by Gasteiger charge is -2.56. The summed E-state index contributed by atoms with van der Waals surface area (Å²) in [6.07, 6.45) is 7.51. The zero-order chi connectivity index (χ0) is 19.4. The highest BCUT2D eigenvalue weighted by Crippen LogP contribution is 2.65. The summed E-state index contributed by atoms with van der Waals surface area (Å²) in [4.78, 5) is 16.0. The van der Waals surface area contributed by atoms with Gasteiger partial charge in [-0.1, -0.05) is 38.5 Å². The van der Waals surface area contributed by atoms with Crippen molar-refractivity contribution in [2.45, 2.75) is 70.3 Å². The minimum absolute atomic E-state index is 0.0651. The van der Waals surface area contributed by atoms with Crippen LogP contribution in [0, 0.1) is 5.41 Å². The molecule has 4 heteroatoms. The molecule has 1 aromatic rings. The SMILES string of the molecule is CCCCOC(=O)C1=C2Nc3ccccc3[C@]23CCN2CCC[C@@](CC)(C1)[C@H]23. The smallest absolute Gasteiger partial charge is 0.335 e. The Kier molecular flexibility index (Phi) is 4.31. The van der Waals surface area contributed by atoms with Gasteiger partial charge in [0.05, 0.1) is 17.6 Å². The average Bonchev–Trinajstić information content (AvgIpc) is 3.28. The molecule has 3 heterocycles. The van der Waals surface area contributed by atoms with Gasteiger partial charge in [-0.2, -0.15) is 0 Å². The van der Waals surface area contributed by atoms with Crippen LogP contribution in [0.25, 0.3) is 0 Å². The van der Waals surface area contributed by atoms with Crippen LogP contribution >= 0.6 is 0 Å². The van der Waals surface area contributed by atoms with Crippen LogP contribution in [-0.2, 0) is 14.9 Å². The fourth-order valence-electron chi connectivity index (χ4n) is 6.76. The number of hydrogen-bond donors (Lipinski definition) is 1. The van der Waals surface area contributed by atoms with E-state index in [9.17, 15) is 4.79 Å². The number of carbonyl (C=O) groups excluding carboxylic acids is 1. The van der Waals surface area contributed by atoms with Gasteiger partial charge in [0.1, 0.15) is 0 Å². The monoisotopic (exact) mass is 380 g/mol. The number of rotatable bonds is 5. The summed E-state index contributed by atoms with van der Waals surface area (Å²) in [5, 5.41) is 3.70. The Balaban J connectivity index is 1.67. The maximum atomic E-state index is 13.2. The first-order chi connectivity index (χ1) is 13.7. The van der Waals surface area contributed by atoms with Crippen molar-refractivity contribution in [1.82, 2.24) is 4.90 Å². The molecule has 150 valence electrons. The quantitative estimate of drug-likeness (QED) is 0.598. The van der Waals surface area contributed by atoms with Gasteiger partial charge in [0.2, 0.25) is 0 Å². The third-order valence-corrected chi connectivity index (χ3v) is 7.95. The number of anilines is 1. The highest BCUT2D eigenvalue weighted by atomic mass is 16.5. The lowest BCUT2D eigenvalue weighted by atomic mass is 9.53. The number of hydrogen-bond acceptors (Lipinski definition) is 4. The zero-order valence-electron chi connectivity index (χ0n) is 17.2. The maximum Gasteiger partial charge on any atom is 0.335 e. The van der Waals surface area contributed by atoms with E-state index in [1.807, 2.05) is 0 Å². The Morgan fingerprint density at radius 2 is 2.11 bits per heavy atom. The predicted molar refractivity (Wildman–Crippen MR) is 111 cm³/mol. The topological polar surface area (TPSA) is 41.6 Å². The largest absolute Gasteiger partial charge is 0.462 e. The summed E-state index contributed by atoms with van der Waals surface area (Å²) in [5.74, 6) is -0.0848. The number of carbonyl (C=O) groups is 1. The van der Waals surface area contributed by atoms with Crippen LogP contribution < -0.4 is 5.32 Å². The molecule has 4 nitrogen and oxygen atoms in total.